The van der Waals surface area contributed by atoms with Gasteiger partial charge in [0.15, 0.2) is 0 Å². The number of carbonyl (C=O) groups is 1. The number of hydrogen-bond donors (Lipinski definition) is 2. The van der Waals surface area contributed by atoms with Gasteiger partial charge in [0.25, 0.3) is 0 Å². The topological polar surface area (TPSA) is 58.4 Å². The van der Waals surface area contributed by atoms with Crippen LogP contribution in [0.2, 0.25) is 0 Å². The van der Waals surface area contributed by atoms with Gasteiger partial charge in [-0.1, -0.05) is 6.42 Å². The summed E-state index contributed by atoms with van der Waals surface area (Å²) in [4.78, 5) is 13.8. The van der Waals surface area contributed by atoms with Crippen LogP contribution in [0.5, 0.6) is 0 Å². The molecule has 0 aromatic rings. The van der Waals surface area contributed by atoms with Gasteiger partial charge >= 0.3 is 0 Å². The molecular formula is C14H31N3O. The van der Waals surface area contributed by atoms with E-state index in [4.69, 9.17) is 5.73 Å². The Morgan fingerprint density at radius 1 is 1.17 bits per heavy atom. The minimum atomic E-state index is 0.184. The first kappa shape index (κ1) is 17.4. The monoisotopic (exact) mass is 257 g/mol. The molecule has 0 bridgehead atoms. The van der Waals surface area contributed by atoms with Crippen LogP contribution in [0.25, 0.3) is 0 Å². The van der Waals surface area contributed by atoms with E-state index in [1.54, 1.807) is 0 Å². The van der Waals surface area contributed by atoms with Crippen molar-refractivity contribution in [3.05, 3.63) is 0 Å². The molecule has 4 nitrogen and oxygen atoms in total. The van der Waals surface area contributed by atoms with Gasteiger partial charge in [0.1, 0.15) is 0 Å². The van der Waals surface area contributed by atoms with Gasteiger partial charge in [-0.05, 0) is 59.7 Å². The number of nitrogens with zero attached hydrogens (tertiary/aromatic N) is 1. The predicted molar refractivity (Wildman–Crippen MR) is 77.5 cm³/mol. The van der Waals surface area contributed by atoms with E-state index in [1.165, 1.54) is 0 Å². The number of nitrogens with one attached hydrogen (secondary N) is 1. The fourth-order valence-corrected chi connectivity index (χ4v) is 1.67. The third kappa shape index (κ3) is 10.5. The van der Waals surface area contributed by atoms with Crippen molar-refractivity contribution in [2.45, 2.75) is 58.4 Å². The molecule has 3 N–H and O–H groups in total. The SMILES string of the molecule is CC(C)N(C)CCCCNC(=O)CCCCCN. The van der Waals surface area contributed by atoms with E-state index in [0.717, 1.165) is 51.7 Å². The van der Waals surface area contributed by atoms with Crippen molar-refractivity contribution in [1.82, 2.24) is 10.2 Å². The van der Waals surface area contributed by atoms with Crippen LogP contribution in [0, 0.1) is 0 Å². The quantitative estimate of drug-likeness (QED) is 0.554. The summed E-state index contributed by atoms with van der Waals surface area (Å²) in [5.74, 6) is 0.184. The highest BCUT2D eigenvalue weighted by molar-refractivity contribution is 5.75. The van der Waals surface area contributed by atoms with Gasteiger partial charge in [-0.3, -0.25) is 4.79 Å². The van der Waals surface area contributed by atoms with E-state index in [2.05, 4.69) is 31.1 Å². The van der Waals surface area contributed by atoms with Crippen molar-refractivity contribution in [1.29, 1.82) is 0 Å². The second kappa shape index (κ2) is 11.5. The third-order valence-corrected chi connectivity index (χ3v) is 3.25. The van der Waals surface area contributed by atoms with E-state index < -0.39 is 0 Å². The maximum atomic E-state index is 11.5. The van der Waals surface area contributed by atoms with E-state index >= 15 is 0 Å². The molecule has 0 fully saturated rings. The second-order valence-corrected chi connectivity index (χ2v) is 5.23. The highest BCUT2D eigenvalue weighted by Gasteiger charge is 2.03. The van der Waals surface area contributed by atoms with Crippen LogP contribution < -0.4 is 11.1 Å². The van der Waals surface area contributed by atoms with Gasteiger partial charge in [-0.15, -0.1) is 0 Å². The molecule has 0 aromatic carbocycles. The molecule has 18 heavy (non-hydrogen) atoms. The van der Waals surface area contributed by atoms with Gasteiger partial charge in [0, 0.05) is 19.0 Å². The van der Waals surface area contributed by atoms with Crippen LogP contribution in [-0.4, -0.2) is 43.5 Å². The summed E-state index contributed by atoms with van der Waals surface area (Å²) in [6.07, 6.45) is 5.89. The maximum absolute atomic E-state index is 11.5. The average molecular weight is 257 g/mol. The van der Waals surface area contributed by atoms with E-state index in [0.29, 0.717) is 12.5 Å². The molecule has 0 aliphatic rings. The molecule has 0 radical (unpaired) electrons. The lowest BCUT2D eigenvalue weighted by Crippen LogP contribution is -2.28. The molecule has 108 valence electrons. The Hall–Kier alpha value is -0.610. The van der Waals surface area contributed by atoms with Crippen LogP contribution >= 0.6 is 0 Å². The molecule has 1 amide bonds. The van der Waals surface area contributed by atoms with Crippen molar-refractivity contribution in [3.63, 3.8) is 0 Å². The standard InChI is InChI=1S/C14H31N3O/c1-13(2)17(3)12-8-7-11-16-14(18)9-5-4-6-10-15/h13H,4-12,15H2,1-3H3,(H,16,18). The van der Waals surface area contributed by atoms with Gasteiger partial charge in [-0.25, -0.2) is 0 Å². The van der Waals surface area contributed by atoms with Crippen molar-refractivity contribution in [3.8, 4) is 0 Å². The van der Waals surface area contributed by atoms with Crippen molar-refractivity contribution in [2.75, 3.05) is 26.7 Å². The minimum Gasteiger partial charge on any atom is -0.356 e. The molecule has 0 heterocycles. The van der Waals surface area contributed by atoms with Crippen LogP contribution in [0.1, 0.15) is 52.4 Å². The van der Waals surface area contributed by atoms with Crippen LogP contribution in [0.3, 0.4) is 0 Å². The molecule has 4 heteroatoms. The maximum Gasteiger partial charge on any atom is 0.219 e. The number of amides is 1. The lowest BCUT2D eigenvalue weighted by molar-refractivity contribution is -0.121. The highest BCUT2D eigenvalue weighted by Crippen LogP contribution is 1.99. The zero-order chi connectivity index (χ0) is 13.8. The van der Waals surface area contributed by atoms with E-state index in [-0.39, 0.29) is 5.91 Å². The molecule has 0 aliphatic carbocycles. The van der Waals surface area contributed by atoms with Crippen molar-refractivity contribution < 1.29 is 4.79 Å². The smallest absolute Gasteiger partial charge is 0.219 e. The van der Waals surface area contributed by atoms with Gasteiger partial charge in [0.2, 0.25) is 5.91 Å². The summed E-state index contributed by atoms with van der Waals surface area (Å²) in [6, 6.07) is 0.599. The Bertz CT molecular complexity index is 207. The number of rotatable bonds is 11. The summed E-state index contributed by atoms with van der Waals surface area (Å²) in [5.41, 5.74) is 5.40. The fraction of sp³-hybridized carbons (Fsp3) is 0.929. The lowest BCUT2D eigenvalue weighted by atomic mass is 10.2. The summed E-state index contributed by atoms with van der Waals surface area (Å²) in [7, 11) is 2.14. The van der Waals surface area contributed by atoms with E-state index in [1.807, 2.05) is 0 Å². The molecule has 0 saturated heterocycles. The van der Waals surface area contributed by atoms with E-state index in [9.17, 15) is 4.79 Å². The summed E-state index contributed by atoms with van der Waals surface area (Å²) >= 11 is 0. The molecule has 0 aliphatic heterocycles. The average Bonchev–Trinajstić information content (AvgIpc) is 2.33. The minimum absolute atomic E-state index is 0.184. The fourth-order valence-electron chi connectivity index (χ4n) is 1.67. The highest BCUT2D eigenvalue weighted by atomic mass is 16.1. The van der Waals surface area contributed by atoms with Crippen LogP contribution in [0.15, 0.2) is 0 Å². The Balaban J connectivity index is 3.30. The lowest BCUT2D eigenvalue weighted by Gasteiger charge is -2.20. The molecule has 0 unspecified atom stereocenters. The summed E-state index contributed by atoms with van der Waals surface area (Å²) in [5, 5.41) is 2.97. The molecule has 0 saturated carbocycles. The first-order valence-corrected chi connectivity index (χ1v) is 7.25. The Kier molecular flexibility index (Phi) is 11.1. The van der Waals surface area contributed by atoms with Crippen molar-refractivity contribution >= 4 is 5.91 Å². The Morgan fingerprint density at radius 3 is 2.50 bits per heavy atom. The van der Waals surface area contributed by atoms with Gasteiger partial charge in [-0.2, -0.15) is 0 Å². The normalized spacial score (nSPS) is 11.2. The molecule has 0 spiro atoms. The number of unbranched alkanes of at least 4 members (excludes halogenated alkanes) is 3. The van der Waals surface area contributed by atoms with Crippen LogP contribution in [-0.2, 0) is 4.79 Å². The largest absolute Gasteiger partial charge is 0.356 e. The molecular weight excluding hydrogens is 226 g/mol. The summed E-state index contributed by atoms with van der Waals surface area (Å²) in [6.45, 7) is 7.03. The number of hydrogen-bond acceptors (Lipinski definition) is 3. The number of carbonyl (C=O) groups excluding carboxylic acids is 1. The molecule has 0 atom stereocenters. The summed E-state index contributed by atoms with van der Waals surface area (Å²) < 4.78 is 0. The first-order chi connectivity index (χ1) is 8.57. The Labute approximate surface area is 112 Å². The Morgan fingerprint density at radius 2 is 1.89 bits per heavy atom. The van der Waals surface area contributed by atoms with Gasteiger partial charge < -0.3 is 16.0 Å². The predicted octanol–water partition coefficient (Wildman–Crippen LogP) is 1.74. The molecule has 0 rings (SSSR count). The third-order valence-electron chi connectivity index (χ3n) is 3.25. The zero-order valence-electron chi connectivity index (χ0n) is 12.4. The van der Waals surface area contributed by atoms with Gasteiger partial charge in [0.05, 0.1) is 0 Å². The van der Waals surface area contributed by atoms with Crippen molar-refractivity contribution in [2.24, 2.45) is 5.73 Å². The number of nitrogens with two attached hydrogens (primary N) is 1. The van der Waals surface area contributed by atoms with Crippen LogP contribution in [0.4, 0.5) is 0 Å². The first-order valence-electron chi connectivity index (χ1n) is 7.25. The second-order valence-electron chi connectivity index (χ2n) is 5.23. The zero-order valence-corrected chi connectivity index (χ0v) is 12.4. The molecule has 0 aromatic heterocycles.